The number of sulfonamides is 1. The molecule has 0 spiro atoms. The van der Waals surface area contributed by atoms with Crippen LogP contribution in [0, 0.1) is 0 Å². The van der Waals surface area contributed by atoms with Crippen molar-refractivity contribution in [2.24, 2.45) is 0 Å². The van der Waals surface area contributed by atoms with Crippen LogP contribution in [0.2, 0.25) is 5.02 Å². The summed E-state index contributed by atoms with van der Waals surface area (Å²) < 4.78 is 45.9. The number of ether oxygens (including phenoxy) is 3. The first-order valence-corrected chi connectivity index (χ1v) is 14.4. The number of carbonyl (C=O) groups excluding carboxylic acids is 1. The molecule has 0 saturated carbocycles. The summed E-state index contributed by atoms with van der Waals surface area (Å²) in [6, 6.07) is 18.5. The molecule has 3 aromatic rings. The highest BCUT2D eigenvalue weighted by Crippen LogP contribution is 2.47. The molecule has 5 rings (SSSR count). The summed E-state index contributed by atoms with van der Waals surface area (Å²) >= 11 is 5.92. The number of fused-ring (bicyclic) bond motifs is 3. The monoisotopic (exact) mass is 572 g/mol. The predicted octanol–water partition coefficient (Wildman–Crippen LogP) is 3.85. The number of hydrogen-bond acceptors (Lipinski definition) is 7. The highest BCUT2D eigenvalue weighted by atomic mass is 35.5. The standard InChI is InChI=1S/C28H29ClN2O7S/c1-36-20-3-2-4-22(12-20)39(34,35)31-19-9-10-25-23(11-19)24-13-21(37-26(16-32)28(24)38-25)14-27(33)30-15-17-5-7-18(29)8-6-17/h2-12,21,24,26,28,31-32H,13-16H2,1H3,(H,30,33)/t21-,24+,26+,28-/m1/s1. The van der Waals surface area contributed by atoms with Gasteiger partial charge in [0.25, 0.3) is 10.0 Å². The third kappa shape index (κ3) is 6.14. The van der Waals surface area contributed by atoms with Crippen LogP contribution in [0.4, 0.5) is 5.69 Å². The average Bonchev–Trinajstić information content (AvgIpc) is 3.30. The van der Waals surface area contributed by atoms with Crippen molar-refractivity contribution in [1.82, 2.24) is 5.32 Å². The van der Waals surface area contributed by atoms with Crippen LogP contribution < -0.4 is 19.5 Å². The van der Waals surface area contributed by atoms with Gasteiger partial charge in [-0.3, -0.25) is 9.52 Å². The van der Waals surface area contributed by atoms with E-state index in [-0.39, 0.29) is 29.7 Å². The maximum Gasteiger partial charge on any atom is 0.262 e. The lowest BCUT2D eigenvalue weighted by Crippen LogP contribution is -2.47. The Morgan fingerprint density at radius 1 is 1.13 bits per heavy atom. The molecule has 2 aliphatic rings. The van der Waals surface area contributed by atoms with E-state index in [1.807, 2.05) is 12.1 Å². The lowest BCUT2D eigenvalue weighted by molar-refractivity contribution is -0.142. The SMILES string of the molecule is COc1cccc(S(=O)(=O)Nc2ccc3c(c2)[C@@H]2C[C@H](CC(=O)NCc4ccc(Cl)cc4)O[C@@H](CO)[C@@H]2O3)c1. The van der Waals surface area contributed by atoms with Crippen molar-refractivity contribution in [1.29, 1.82) is 0 Å². The first kappa shape index (κ1) is 27.3. The van der Waals surface area contributed by atoms with Gasteiger partial charge in [-0.25, -0.2) is 8.42 Å². The second-order valence-electron chi connectivity index (χ2n) is 9.55. The van der Waals surface area contributed by atoms with Gasteiger partial charge in [0.05, 0.1) is 31.1 Å². The highest BCUT2D eigenvalue weighted by molar-refractivity contribution is 7.92. The number of methoxy groups -OCH3 is 1. The Kier molecular flexibility index (Phi) is 7.99. The Bertz CT molecular complexity index is 1450. The molecule has 0 aromatic heterocycles. The zero-order valence-corrected chi connectivity index (χ0v) is 22.7. The molecule has 11 heteroatoms. The zero-order valence-electron chi connectivity index (χ0n) is 21.2. The molecule has 0 unspecified atom stereocenters. The van der Waals surface area contributed by atoms with E-state index in [1.165, 1.54) is 19.2 Å². The molecule has 0 aliphatic carbocycles. The number of anilines is 1. The first-order chi connectivity index (χ1) is 18.8. The third-order valence-corrected chi connectivity index (χ3v) is 8.55. The lowest BCUT2D eigenvalue weighted by Gasteiger charge is -2.37. The van der Waals surface area contributed by atoms with E-state index >= 15 is 0 Å². The normalized spacial score (nSPS) is 21.8. The van der Waals surface area contributed by atoms with Gasteiger partial charge in [-0.15, -0.1) is 0 Å². The maximum absolute atomic E-state index is 13.0. The number of rotatable bonds is 9. The number of amides is 1. The number of benzene rings is 3. The van der Waals surface area contributed by atoms with Crippen LogP contribution in [-0.2, 0) is 26.1 Å². The fourth-order valence-electron chi connectivity index (χ4n) is 5.02. The number of aliphatic hydroxyl groups is 1. The topological polar surface area (TPSA) is 123 Å². The van der Waals surface area contributed by atoms with Crippen molar-refractivity contribution in [3.8, 4) is 11.5 Å². The number of halogens is 1. The summed E-state index contributed by atoms with van der Waals surface area (Å²) in [4.78, 5) is 12.8. The van der Waals surface area contributed by atoms with E-state index in [2.05, 4.69) is 10.0 Å². The van der Waals surface area contributed by atoms with Gasteiger partial charge >= 0.3 is 0 Å². The van der Waals surface area contributed by atoms with Crippen LogP contribution in [0.15, 0.2) is 71.6 Å². The zero-order chi connectivity index (χ0) is 27.6. The molecule has 0 bridgehead atoms. The van der Waals surface area contributed by atoms with E-state index in [0.717, 1.165) is 11.1 Å². The third-order valence-electron chi connectivity index (χ3n) is 6.92. The van der Waals surface area contributed by atoms with Crippen molar-refractivity contribution in [3.05, 3.63) is 82.9 Å². The van der Waals surface area contributed by atoms with Gasteiger partial charge in [0.1, 0.15) is 23.7 Å². The summed E-state index contributed by atoms with van der Waals surface area (Å²) in [6.45, 7) is 0.0916. The van der Waals surface area contributed by atoms with Gasteiger partial charge in [-0.1, -0.05) is 29.8 Å². The Hall–Kier alpha value is -3.31. The summed E-state index contributed by atoms with van der Waals surface area (Å²) in [5.41, 5.74) is 2.11. The second-order valence-corrected chi connectivity index (χ2v) is 11.7. The largest absolute Gasteiger partial charge is 0.497 e. The Morgan fingerprint density at radius 3 is 2.67 bits per heavy atom. The number of carbonyl (C=O) groups is 1. The van der Waals surface area contributed by atoms with Crippen LogP contribution in [-0.4, -0.2) is 51.5 Å². The quantitative estimate of drug-likeness (QED) is 0.356. The van der Waals surface area contributed by atoms with E-state index < -0.39 is 28.3 Å². The number of aliphatic hydroxyl groups excluding tert-OH is 1. The molecule has 1 fully saturated rings. The maximum atomic E-state index is 13.0. The summed E-state index contributed by atoms with van der Waals surface area (Å²) in [5, 5.41) is 13.5. The minimum Gasteiger partial charge on any atom is -0.497 e. The van der Waals surface area contributed by atoms with E-state index in [4.69, 9.17) is 25.8 Å². The second kappa shape index (κ2) is 11.4. The van der Waals surface area contributed by atoms with Gasteiger partial charge in [-0.2, -0.15) is 0 Å². The Morgan fingerprint density at radius 2 is 1.92 bits per heavy atom. The van der Waals surface area contributed by atoms with E-state index in [1.54, 1.807) is 42.5 Å². The molecule has 2 heterocycles. The van der Waals surface area contributed by atoms with Crippen molar-refractivity contribution >= 4 is 33.2 Å². The molecular formula is C28H29ClN2O7S. The van der Waals surface area contributed by atoms with Gasteiger partial charge in [0.15, 0.2) is 0 Å². The molecule has 206 valence electrons. The molecule has 3 N–H and O–H groups in total. The lowest BCUT2D eigenvalue weighted by atomic mass is 9.84. The predicted molar refractivity (Wildman–Crippen MR) is 146 cm³/mol. The van der Waals surface area contributed by atoms with Crippen LogP contribution in [0.3, 0.4) is 0 Å². The number of hydrogen-bond donors (Lipinski definition) is 3. The van der Waals surface area contributed by atoms with Gasteiger partial charge in [0.2, 0.25) is 5.91 Å². The molecule has 1 saturated heterocycles. The van der Waals surface area contributed by atoms with E-state index in [0.29, 0.717) is 35.2 Å². The van der Waals surface area contributed by atoms with Crippen molar-refractivity contribution in [2.75, 3.05) is 18.4 Å². The van der Waals surface area contributed by atoms with Crippen molar-refractivity contribution in [3.63, 3.8) is 0 Å². The molecular weight excluding hydrogens is 544 g/mol. The highest BCUT2D eigenvalue weighted by Gasteiger charge is 2.46. The minimum absolute atomic E-state index is 0.0764. The minimum atomic E-state index is -3.86. The van der Waals surface area contributed by atoms with Crippen LogP contribution in [0.1, 0.15) is 29.9 Å². The average molecular weight is 573 g/mol. The van der Waals surface area contributed by atoms with Crippen molar-refractivity contribution < 1.29 is 32.5 Å². The summed E-state index contributed by atoms with van der Waals surface area (Å²) in [6.07, 6.45) is -0.912. The fraction of sp³-hybridized carbons (Fsp3) is 0.321. The van der Waals surface area contributed by atoms with Crippen molar-refractivity contribution in [2.45, 2.75) is 48.5 Å². The van der Waals surface area contributed by atoms with Gasteiger partial charge in [0, 0.05) is 34.8 Å². The molecule has 39 heavy (non-hydrogen) atoms. The molecule has 4 atom stereocenters. The summed E-state index contributed by atoms with van der Waals surface area (Å²) in [7, 11) is -2.39. The van der Waals surface area contributed by atoms with Gasteiger partial charge in [-0.05, 0) is 54.4 Å². The molecule has 3 aromatic carbocycles. The van der Waals surface area contributed by atoms with E-state index in [9.17, 15) is 18.3 Å². The van der Waals surface area contributed by atoms with Gasteiger partial charge < -0.3 is 24.6 Å². The number of nitrogens with one attached hydrogen (secondary N) is 2. The molecule has 9 nitrogen and oxygen atoms in total. The molecule has 0 radical (unpaired) electrons. The first-order valence-electron chi connectivity index (χ1n) is 12.5. The molecule has 1 amide bonds. The Balaban J connectivity index is 1.28. The molecule has 2 aliphatic heterocycles. The van der Waals surface area contributed by atoms with Crippen LogP contribution >= 0.6 is 11.6 Å². The van der Waals surface area contributed by atoms with Crippen LogP contribution in [0.25, 0.3) is 0 Å². The summed E-state index contributed by atoms with van der Waals surface area (Å²) in [5.74, 6) is 0.679. The van der Waals surface area contributed by atoms with Crippen LogP contribution in [0.5, 0.6) is 11.5 Å². The Labute approximate surface area is 232 Å². The smallest absolute Gasteiger partial charge is 0.262 e. The fourth-order valence-corrected chi connectivity index (χ4v) is 6.23.